The standard InChI is InChI=1S/C3H4N2.S/c1-2-5-3-4-1;/h1-3H,(H,4,5);. The molecule has 6 heavy (non-hydrogen) atoms. The highest BCUT2D eigenvalue weighted by atomic mass is 32.1. The second kappa shape index (κ2) is 2.78. The van der Waals surface area contributed by atoms with E-state index in [0.29, 0.717) is 0 Å². The number of rotatable bonds is 0. The summed E-state index contributed by atoms with van der Waals surface area (Å²) in [5.74, 6) is 0. The molecule has 0 unspecified atom stereocenters. The molecule has 1 heterocycles. The molecule has 0 atom stereocenters. The number of hydrogen-bond acceptors (Lipinski definition) is 1. The second-order valence-corrected chi connectivity index (χ2v) is 0.761. The van der Waals surface area contributed by atoms with E-state index in [0.717, 1.165) is 0 Å². The van der Waals surface area contributed by atoms with Gasteiger partial charge >= 0.3 is 0 Å². The van der Waals surface area contributed by atoms with E-state index in [1.54, 1.807) is 18.7 Å². The van der Waals surface area contributed by atoms with Gasteiger partial charge in [0, 0.05) is 25.9 Å². The Morgan fingerprint density at radius 2 is 2.33 bits per heavy atom. The maximum absolute atomic E-state index is 3.67. The number of H-pyrrole nitrogens is 1. The molecule has 0 spiro atoms. The van der Waals surface area contributed by atoms with Crippen LogP contribution in [0.5, 0.6) is 0 Å². The number of aromatic nitrogens is 2. The molecule has 0 aliphatic rings. The van der Waals surface area contributed by atoms with Crippen LogP contribution in [0.25, 0.3) is 0 Å². The van der Waals surface area contributed by atoms with Crippen LogP contribution in [0.3, 0.4) is 0 Å². The Kier molecular flexibility index (Phi) is 2.58. The number of hydrogen-bond donors (Lipinski definition) is 1. The predicted octanol–water partition coefficient (Wildman–Crippen LogP) is 1.06. The molecule has 32 valence electrons. The van der Waals surface area contributed by atoms with E-state index in [1.165, 1.54) is 0 Å². The van der Waals surface area contributed by atoms with E-state index in [4.69, 9.17) is 0 Å². The Morgan fingerprint density at radius 1 is 1.50 bits per heavy atom. The summed E-state index contributed by atoms with van der Waals surface area (Å²) < 4.78 is 0. The van der Waals surface area contributed by atoms with Crippen molar-refractivity contribution < 1.29 is 0 Å². The smallest absolute Gasteiger partial charge is 0.0919 e. The zero-order valence-corrected chi connectivity index (χ0v) is 3.90. The van der Waals surface area contributed by atoms with Gasteiger partial charge in [-0.1, -0.05) is 0 Å². The fraction of sp³-hybridized carbons (Fsp3) is 0. The van der Waals surface area contributed by atoms with Crippen molar-refractivity contribution in [3.8, 4) is 0 Å². The summed E-state index contributed by atoms with van der Waals surface area (Å²) in [5, 5.41) is 0. The number of imidazole rings is 1. The fourth-order valence-corrected chi connectivity index (χ4v) is 0.215. The van der Waals surface area contributed by atoms with Crippen LogP contribution in [0.2, 0.25) is 0 Å². The summed E-state index contributed by atoms with van der Waals surface area (Å²) in [6, 6.07) is 0. The summed E-state index contributed by atoms with van der Waals surface area (Å²) in [6.07, 6.45) is 5.08. The molecule has 0 saturated heterocycles. The highest BCUT2D eigenvalue weighted by Crippen LogP contribution is 1.62. The molecule has 0 aromatic carbocycles. The number of aromatic amines is 1. The molecular weight excluding hydrogens is 96.1 g/mol. The third kappa shape index (κ3) is 1.12. The first-order chi connectivity index (χ1) is 2.50. The van der Waals surface area contributed by atoms with Crippen molar-refractivity contribution in [1.29, 1.82) is 0 Å². The minimum Gasteiger partial charge on any atom is -0.351 e. The highest BCUT2D eigenvalue weighted by molar-refractivity contribution is 7.59. The third-order valence-corrected chi connectivity index (χ3v) is 0.406. The van der Waals surface area contributed by atoms with Crippen molar-refractivity contribution in [1.82, 2.24) is 9.97 Å². The summed E-state index contributed by atoms with van der Waals surface area (Å²) in [5.41, 5.74) is 0. The molecule has 0 amide bonds. The van der Waals surface area contributed by atoms with E-state index in [1.807, 2.05) is 0 Å². The van der Waals surface area contributed by atoms with E-state index in [9.17, 15) is 0 Å². The van der Waals surface area contributed by atoms with Gasteiger partial charge in [-0.2, -0.15) is 0 Å². The molecule has 2 radical (unpaired) electrons. The number of nitrogens with one attached hydrogen (secondary N) is 1. The van der Waals surface area contributed by atoms with E-state index in [-0.39, 0.29) is 13.5 Å². The minimum atomic E-state index is 0. The molecule has 0 fully saturated rings. The van der Waals surface area contributed by atoms with Crippen molar-refractivity contribution in [2.45, 2.75) is 0 Å². The van der Waals surface area contributed by atoms with E-state index < -0.39 is 0 Å². The molecule has 3 heteroatoms. The first-order valence-electron chi connectivity index (χ1n) is 1.43. The molecular formula is C3H4N2S. The molecule has 2 nitrogen and oxygen atoms in total. The molecule has 0 bridgehead atoms. The maximum Gasteiger partial charge on any atom is 0.0919 e. The zero-order chi connectivity index (χ0) is 3.54. The van der Waals surface area contributed by atoms with Gasteiger partial charge in [-0.05, 0) is 0 Å². The quantitative estimate of drug-likeness (QED) is 0.518. The van der Waals surface area contributed by atoms with Gasteiger partial charge in [-0.15, -0.1) is 0 Å². The van der Waals surface area contributed by atoms with Crippen molar-refractivity contribution in [2.75, 3.05) is 0 Å². The van der Waals surface area contributed by atoms with Crippen LogP contribution < -0.4 is 0 Å². The average Bonchev–Trinajstić information content (AvgIpc) is 1.76. The first-order valence-corrected chi connectivity index (χ1v) is 1.43. The average molecular weight is 100 g/mol. The van der Waals surface area contributed by atoms with Crippen LogP contribution in [0.1, 0.15) is 0 Å². The predicted molar refractivity (Wildman–Crippen MR) is 26.2 cm³/mol. The van der Waals surface area contributed by atoms with Crippen LogP contribution in [0, 0.1) is 0 Å². The van der Waals surface area contributed by atoms with Gasteiger partial charge in [0.05, 0.1) is 6.33 Å². The van der Waals surface area contributed by atoms with Gasteiger partial charge < -0.3 is 4.98 Å². The summed E-state index contributed by atoms with van der Waals surface area (Å²) >= 11 is 0. The van der Waals surface area contributed by atoms with Crippen molar-refractivity contribution in [3.63, 3.8) is 0 Å². The van der Waals surface area contributed by atoms with E-state index in [2.05, 4.69) is 9.97 Å². The minimum absolute atomic E-state index is 0. The van der Waals surface area contributed by atoms with Gasteiger partial charge in [-0.25, -0.2) is 4.98 Å². The van der Waals surface area contributed by atoms with Crippen molar-refractivity contribution in [3.05, 3.63) is 18.7 Å². The lowest BCUT2D eigenvalue weighted by Crippen LogP contribution is -1.44. The second-order valence-electron chi connectivity index (χ2n) is 0.761. The molecule has 1 N–H and O–H groups in total. The van der Waals surface area contributed by atoms with Crippen LogP contribution in [0.15, 0.2) is 18.7 Å². The van der Waals surface area contributed by atoms with Gasteiger partial charge in [0.25, 0.3) is 0 Å². The Morgan fingerprint density at radius 3 is 2.50 bits per heavy atom. The molecule has 1 rings (SSSR count). The lowest BCUT2D eigenvalue weighted by molar-refractivity contribution is 1.31. The third-order valence-electron chi connectivity index (χ3n) is 0.406. The zero-order valence-electron chi connectivity index (χ0n) is 3.09. The van der Waals surface area contributed by atoms with Crippen molar-refractivity contribution >= 4 is 13.5 Å². The Balaban J connectivity index is 0.000000250. The van der Waals surface area contributed by atoms with Crippen LogP contribution in [-0.4, -0.2) is 9.97 Å². The lowest BCUT2D eigenvalue weighted by Gasteiger charge is -1.46. The summed E-state index contributed by atoms with van der Waals surface area (Å²) in [4.78, 5) is 6.42. The molecule has 1 aromatic rings. The highest BCUT2D eigenvalue weighted by Gasteiger charge is 1.56. The Labute approximate surface area is 43.1 Å². The maximum atomic E-state index is 3.67. The Hall–Kier alpha value is -0.440. The molecule has 0 aliphatic heterocycles. The topological polar surface area (TPSA) is 28.7 Å². The SMILES string of the molecule is [S].c1c[nH]cn1. The van der Waals surface area contributed by atoms with Crippen LogP contribution in [-0.2, 0) is 0 Å². The van der Waals surface area contributed by atoms with Gasteiger partial charge in [0.1, 0.15) is 0 Å². The van der Waals surface area contributed by atoms with Gasteiger partial charge in [0.2, 0.25) is 0 Å². The lowest BCUT2D eigenvalue weighted by atomic mass is 11.0. The number of nitrogens with zero attached hydrogens (tertiary/aromatic N) is 1. The Bertz CT molecular complexity index is 65.3. The molecule has 0 aliphatic carbocycles. The normalized spacial score (nSPS) is 6.67. The van der Waals surface area contributed by atoms with Crippen LogP contribution >= 0.6 is 13.5 Å². The monoisotopic (exact) mass is 100 g/mol. The van der Waals surface area contributed by atoms with Crippen molar-refractivity contribution in [2.24, 2.45) is 0 Å². The first kappa shape index (κ1) is 5.56. The molecule has 1 aromatic heterocycles. The largest absolute Gasteiger partial charge is 0.351 e. The van der Waals surface area contributed by atoms with Crippen LogP contribution in [0.4, 0.5) is 0 Å². The fourth-order valence-electron chi connectivity index (χ4n) is 0.215. The summed E-state index contributed by atoms with van der Waals surface area (Å²) in [6.45, 7) is 0. The molecule has 0 saturated carbocycles. The van der Waals surface area contributed by atoms with Gasteiger partial charge in [0.15, 0.2) is 0 Å². The van der Waals surface area contributed by atoms with Gasteiger partial charge in [-0.3, -0.25) is 0 Å². The summed E-state index contributed by atoms with van der Waals surface area (Å²) in [7, 11) is 0. The van der Waals surface area contributed by atoms with E-state index >= 15 is 0 Å².